The van der Waals surface area contributed by atoms with E-state index in [1.165, 1.54) is 17.0 Å². The van der Waals surface area contributed by atoms with Crippen molar-refractivity contribution in [3.05, 3.63) is 59.4 Å². The number of likely N-dealkylation sites (tertiary alicyclic amines) is 1. The van der Waals surface area contributed by atoms with Crippen molar-refractivity contribution < 1.29 is 22.3 Å². The summed E-state index contributed by atoms with van der Waals surface area (Å²) in [5, 5.41) is -0.791. The van der Waals surface area contributed by atoms with Gasteiger partial charge in [-0.2, -0.15) is 0 Å². The van der Waals surface area contributed by atoms with E-state index in [-0.39, 0.29) is 29.8 Å². The molecule has 144 valence electrons. The molecule has 0 radical (unpaired) electrons. The number of para-hydroxylation sites is 1. The van der Waals surface area contributed by atoms with E-state index in [1.807, 2.05) is 0 Å². The molecule has 2 aromatic carbocycles. The highest BCUT2D eigenvalue weighted by atomic mass is 35.5. The van der Waals surface area contributed by atoms with Crippen molar-refractivity contribution in [3.63, 3.8) is 0 Å². The lowest BCUT2D eigenvalue weighted by atomic mass is 10.3. The van der Waals surface area contributed by atoms with E-state index in [0.29, 0.717) is 18.7 Å². The summed E-state index contributed by atoms with van der Waals surface area (Å²) >= 11 is 5.67. The quantitative estimate of drug-likeness (QED) is 0.791. The summed E-state index contributed by atoms with van der Waals surface area (Å²) in [4.78, 5) is 13.7. The van der Waals surface area contributed by atoms with Crippen LogP contribution in [0.25, 0.3) is 0 Å². The molecule has 0 spiro atoms. The molecular weight excluding hydrogens is 395 g/mol. The van der Waals surface area contributed by atoms with Gasteiger partial charge in [0.05, 0.1) is 10.3 Å². The maximum Gasteiger partial charge on any atom is 0.260 e. The molecule has 2 aromatic rings. The van der Waals surface area contributed by atoms with E-state index in [9.17, 15) is 17.6 Å². The van der Waals surface area contributed by atoms with Crippen LogP contribution in [0.15, 0.2) is 48.5 Å². The molecular formula is C18H18ClFN2O4S. The Kier molecular flexibility index (Phi) is 5.86. The lowest BCUT2D eigenvalue weighted by molar-refractivity contribution is -0.132. The molecule has 1 aliphatic rings. The van der Waals surface area contributed by atoms with Crippen LogP contribution in [0, 0.1) is 5.82 Å². The molecule has 27 heavy (non-hydrogen) atoms. The Morgan fingerprint density at radius 1 is 1.26 bits per heavy atom. The smallest absolute Gasteiger partial charge is 0.260 e. The van der Waals surface area contributed by atoms with Gasteiger partial charge in [0.2, 0.25) is 10.0 Å². The van der Waals surface area contributed by atoms with E-state index >= 15 is 0 Å². The van der Waals surface area contributed by atoms with Gasteiger partial charge < -0.3 is 9.64 Å². The number of sulfonamides is 1. The van der Waals surface area contributed by atoms with E-state index in [1.54, 1.807) is 30.3 Å². The van der Waals surface area contributed by atoms with Crippen LogP contribution in [0.4, 0.5) is 10.1 Å². The summed E-state index contributed by atoms with van der Waals surface area (Å²) in [6, 6.07) is 12.4. The van der Waals surface area contributed by atoms with Gasteiger partial charge in [-0.1, -0.05) is 29.8 Å². The molecule has 0 aromatic heterocycles. The van der Waals surface area contributed by atoms with Crippen LogP contribution in [-0.2, 0) is 14.8 Å². The molecule has 1 heterocycles. The van der Waals surface area contributed by atoms with Crippen LogP contribution in [0.2, 0.25) is 5.02 Å². The Labute approximate surface area is 161 Å². The zero-order valence-electron chi connectivity index (χ0n) is 14.3. The molecule has 0 saturated carbocycles. The first-order valence-corrected chi connectivity index (χ1v) is 10.2. The number of hydrogen-bond acceptors (Lipinski definition) is 4. The van der Waals surface area contributed by atoms with Crippen LogP contribution < -0.4 is 9.46 Å². The summed E-state index contributed by atoms with van der Waals surface area (Å²) in [5.41, 5.74) is 0.485. The number of halogens is 2. The Bertz CT molecular complexity index is 924. The fourth-order valence-electron chi connectivity index (χ4n) is 2.76. The van der Waals surface area contributed by atoms with Crippen LogP contribution in [0.1, 0.15) is 6.42 Å². The number of carbonyl (C=O) groups is 1. The lowest BCUT2D eigenvalue weighted by Crippen LogP contribution is -2.36. The summed E-state index contributed by atoms with van der Waals surface area (Å²) in [7, 11) is -3.60. The lowest BCUT2D eigenvalue weighted by Gasteiger charge is -2.17. The molecule has 3 rings (SSSR count). The largest absolute Gasteiger partial charge is 0.484 e. The van der Waals surface area contributed by atoms with Crippen LogP contribution in [0.5, 0.6) is 5.75 Å². The molecule has 1 aliphatic heterocycles. The average molecular weight is 413 g/mol. The minimum atomic E-state index is -3.60. The van der Waals surface area contributed by atoms with Gasteiger partial charge in [-0.15, -0.1) is 0 Å². The molecule has 9 heteroatoms. The van der Waals surface area contributed by atoms with Crippen molar-refractivity contribution in [2.75, 3.05) is 24.4 Å². The molecule has 1 saturated heterocycles. The van der Waals surface area contributed by atoms with Crippen molar-refractivity contribution in [1.82, 2.24) is 4.90 Å². The van der Waals surface area contributed by atoms with E-state index in [0.717, 1.165) is 6.07 Å². The van der Waals surface area contributed by atoms with Crippen molar-refractivity contribution in [1.29, 1.82) is 0 Å². The molecule has 0 bridgehead atoms. The zero-order chi connectivity index (χ0) is 19.4. The van der Waals surface area contributed by atoms with Crippen molar-refractivity contribution in [3.8, 4) is 5.75 Å². The van der Waals surface area contributed by atoms with Crippen molar-refractivity contribution in [2.24, 2.45) is 0 Å². The van der Waals surface area contributed by atoms with E-state index in [2.05, 4.69) is 4.72 Å². The first-order valence-electron chi connectivity index (χ1n) is 8.27. The maximum absolute atomic E-state index is 13.1. The van der Waals surface area contributed by atoms with Gasteiger partial charge in [-0.25, -0.2) is 12.8 Å². The van der Waals surface area contributed by atoms with E-state index < -0.39 is 21.1 Å². The summed E-state index contributed by atoms with van der Waals surface area (Å²) < 4.78 is 46.0. The summed E-state index contributed by atoms with van der Waals surface area (Å²) in [6.45, 7) is 0.141. The molecule has 1 atom stereocenters. The van der Waals surface area contributed by atoms with Gasteiger partial charge >= 0.3 is 0 Å². The first-order chi connectivity index (χ1) is 12.8. The fraction of sp³-hybridized carbons (Fsp3) is 0.278. The van der Waals surface area contributed by atoms with Gasteiger partial charge in [0.1, 0.15) is 11.6 Å². The number of carbonyl (C=O) groups excluding carboxylic acids is 1. The van der Waals surface area contributed by atoms with Gasteiger partial charge in [-0.05, 0) is 30.7 Å². The number of nitrogens with zero attached hydrogens (tertiary/aromatic N) is 1. The third-order valence-corrected chi connectivity index (χ3v) is 6.30. The molecule has 1 fully saturated rings. The topological polar surface area (TPSA) is 75.7 Å². The van der Waals surface area contributed by atoms with Gasteiger partial charge in [0.15, 0.2) is 6.61 Å². The van der Waals surface area contributed by atoms with Crippen LogP contribution in [-0.4, -0.2) is 44.2 Å². The Balaban J connectivity index is 1.55. The number of nitrogens with one attached hydrogen (secondary N) is 1. The predicted octanol–water partition coefficient (Wildman–Crippen LogP) is 2.90. The normalized spacial score (nSPS) is 17.0. The van der Waals surface area contributed by atoms with Gasteiger partial charge in [0.25, 0.3) is 5.91 Å². The second kappa shape index (κ2) is 8.14. The molecule has 0 aliphatic carbocycles. The third kappa shape index (κ3) is 4.90. The number of amides is 1. The number of anilines is 1. The van der Waals surface area contributed by atoms with Crippen LogP contribution in [0.3, 0.4) is 0 Å². The first kappa shape index (κ1) is 19.4. The Morgan fingerprint density at radius 3 is 2.70 bits per heavy atom. The number of hydrogen-bond donors (Lipinski definition) is 1. The third-order valence-electron chi connectivity index (χ3n) is 4.22. The van der Waals surface area contributed by atoms with Crippen LogP contribution >= 0.6 is 11.6 Å². The summed E-state index contributed by atoms with van der Waals surface area (Å²) in [5.74, 6) is -0.648. The zero-order valence-corrected chi connectivity index (χ0v) is 15.8. The predicted molar refractivity (Wildman–Crippen MR) is 101 cm³/mol. The average Bonchev–Trinajstić information content (AvgIpc) is 3.14. The van der Waals surface area contributed by atoms with Crippen molar-refractivity contribution >= 4 is 33.2 Å². The Hall–Kier alpha value is -2.32. The molecule has 6 nitrogen and oxygen atoms in total. The van der Waals surface area contributed by atoms with E-state index in [4.69, 9.17) is 16.3 Å². The minimum Gasteiger partial charge on any atom is -0.484 e. The highest BCUT2D eigenvalue weighted by Gasteiger charge is 2.35. The SMILES string of the molecule is O=C(COc1ccc(F)c(Cl)c1)N1CCC(S(=O)(=O)Nc2ccccc2)C1. The standard InChI is InChI=1S/C18H18ClFN2O4S/c19-16-10-14(6-7-17(16)20)26-12-18(23)22-9-8-15(11-22)27(24,25)21-13-4-2-1-3-5-13/h1-7,10,15,21H,8-9,11-12H2. The van der Waals surface area contributed by atoms with Gasteiger partial charge in [0, 0.05) is 24.8 Å². The van der Waals surface area contributed by atoms with Crippen molar-refractivity contribution in [2.45, 2.75) is 11.7 Å². The number of benzene rings is 2. The molecule has 1 amide bonds. The number of ether oxygens (including phenoxy) is 1. The second-order valence-electron chi connectivity index (χ2n) is 6.13. The highest BCUT2D eigenvalue weighted by molar-refractivity contribution is 7.93. The maximum atomic E-state index is 13.1. The highest BCUT2D eigenvalue weighted by Crippen LogP contribution is 2.22. The Morgan fingerprint density at radius 2 is 2.00 bits per heavy atom. The monoisotopic (exact) mass is 412 g/mol. The molecule has 1 unspecified atom stereocenters. The molecule has 1 N–H and O–H groups in total. The van der Waals surface area contributed by atoms with Gasteiger partial charge in [-0.3, -0.25) is 9.52 Å². The summed E-state index contributed by atoms with van der Waals surface area (Å²) in [6.07, 6.45) is 0.344. The number of rotatable bonds is 6. The minimum absolute atomic E-state index is 0.0918. The second-order valence-corrected chi connectivity index (χ2v) is 8.50. The fourth-order valence-corrected chi connectivity index (χ4v) is 4.36.